The third-order valence-corrected chi connectivity index (χ3v) is 5.96. The summed E-state index contributed by atoms with van der Waals surface area (Å²) in [4.78, 5) is 12.1. The van der Waals surface area contributed by atoms with Crippen molar-refractivity contribution in [1.82, 2.24) is 0 Å². The monoisotopic (exact) mass is 495 g/mol. The normalized spacial score (nSPS) is 10.5. The zero-order chi connectivity index (χ0) is 24.2. The summed E-state index contributed by atoms with van der Waals surface area (Å²) >= 11 is 11.9. The molecule has 0 saturated carbocycles. The summed E-state index contributed by atoms with van der Waals surface area (Å²) in [7, 11) is 0. The van der Waals surface area contributed by atoms with E-state index in [0.717, 1.165) is 55.4 Å². The number of carbonyl (C=O) groups excluding carboxylic acids is 1. The molecule has 0 aliphatic carbocycles. The Labute approximate surface area is 211 Å². The molecule has 0 amide bonds. The van der Waals surface area contributed by atoms with E-state index in [1.807, 2.05) is 48.5 Å². The van der Waals surface area contributed by atoms with E-state index in [0.29, 0.717) is 34.4 Å². The topological polar surface area (TPSA) is 59.3 Å². The van der Waals surface area contributed by atoms with Crippen LogP contribution in [0.3, 0.4) is 0 Å². The molecule has 0 aliphatic heterocycles. The van der Waals surface area contributed by atoms with Crippen molar-refractivity contribution in [2.24, 2.45) is 0 Å². The lowest BCUT2D eigenvalue weighted by atomic mass is 10.0. The second kappa shape index (κ2) is 13.6. The predicted octanol–water partition coefficient (Wildman–Crippen LogP) is 8.11. The second-order valence-corrected chi connectivity index (χ2v) is 8.79. The van der Waals surface area contributed by atoms with Gasteiger partial charge in [0.05, 0.1) is 35.4 Å². The summed E-state index contributed by atoms with van der Waals surface area (Å²) in [5.41, 5.74) is 3.14. The van der Waals surface area contributed by atoms with Crippen molar-refractivity contribution in [3.05, 3.63) is 87.9 Å². The quantitative estimate of drug-likeness (QED) is 0.188. The zero-order valence-electron chi connectivity index (χ0n) is 18.9. The van der Waals surface area contributed by atoms with Gasteiger partial charge in [-0.3, -0.25) is 0 Å². The van der Waals surface area contributed by atoms with Crippen molar-refractivity contribution in [1.29, 1.82) is 5.26 Å². The molecule has 176 valence electrons. The summed E-state index contributed by atoms with van der Waals surface area (Å²) in [5, 5.41) is 9.70. The number of esters is 1. The van der Waals surface area contributed by atoms with E-state index in [1.165, 1.54) is 6.07 Å². The molecule has 0 N–H and O–H groups in total. The van der Waals surface area contributed by atoms with Gasteiger partial charge in [0, 0.05) is 5.02 Å². The average Bonchev–Trinajstić information content (AvgIpc) is 2.87. The highest BCUT2D eigenvalue weighted by atomic mass is 35.5. The molecule has 0 spiro atoms. The number of carbonyl (C=O) groups is 1. The van der Waals surface area contributed by atoms with Gasteiger partial charge in [-0.25, -0.2) is 4.79 Å². The number of nitrogens with zero attached hydrogens (tertiary/aromatic N) is 1. The van der Waals surface area contributed by atoms with Crippen LogP contribution in [0.5, 0.6) is 5.75 Å². The highest BCUT2D eigenvalue weighted by Crippen LogP contribution is 2.23. The Bertz CT molecular complexity index is 1110. The van der Waals surface area contributed by atoms with Crippen molar-refractivity contribution in [3.63, 3.8) is 0 Å². The fourth-order valence-corrected chi connectivity index (χ4v) is 3.85. The smallest absolute Gasteiger partial charge is 0.339 e. The van der Waals surface area contributed by atoms with Crippen LogP contribution in [0.25, 0.3) is 11.1 Å². The summed E-state index contributed by atoms with van der Waals surface area (Å²) in [5.74, 6) is 0.425. The van der Waals surface area contributed by atoms with Crippen LogP contribution < -0.4 is 4.74 Å². The van der Waals surface area contributed by atoms with Gasteiger partial charge in [-0.2, -0.15) is 5.26 Å². The fraction of sp³-hybridized carbons (Fsp3) is 0.286. The van der Waals surface area contributed by atoms with E-state index in [1.54, 1.807) is 12.1 Å². The van der Waals surface area contributed by atoms with Crippen LogP contribution in [0.2, 0.25) is 10.0 Å². The molecule has 0 fully saturated rings. The fourth-order valence-electron chi connectivity index (χ4n) is 3.48. The zero-order valence-corrected chi connectivity index (χ0v) is 20.4. The Morgan fingerprint density at radius 1 is 0.765 bits per heavy atom. The van der Waals surface area contributed by atoms with Crippen molar-refractivity contribution in [2.75, 3.05) is 13.2 Å². The van der Waals surface area contributed by atoms with Gasteiger partial charge in [0.25, 0.3) is 0 Å². The molecule has 0 bridgehead atoms. The first-order valence-corrected chi connectivity index (χ1v) is 12.2. The molecule has 0 aliphatic rings. The molecular formula is C28H27Cl2NO3. The maximum atomic E-state index is 12.1. The van der Waals surface area contributed by atoms with E-state index < -0.39 is 5.97 Å². The Morgan fingerprint density at radius 3 is 2.00 bits per heavy atom. The highest BCUT2D eigenvalue weighted by molar-refractivity contribution is 6.35. The lowest BCUT2D eigenvalue weighted by Crippen LogP contribution is -2.07. The Hall–Kier alpha value is -3.00. The lowest BCUT2D eigenvalue weighted by molar-refractivity contribution is 0.0498. The van der Waals surface area contributed by atoms with E-state index in [4.69, 9.17) is 37.9 Å². The van der Waals surface area contributed by atoms with Crippen LogP contribution in [0, 0.1) is 11.3 Å². The first-order chi connectivity index (χ1) is 16.6. The van der Waals surface area contributed by atoms with Gasteiger partial charge >= 0.3 is 5.97 Å². The first kappa shape index (κ1) is 25.6. The minimum Gasteiger partial charge on any atom is -0.494 e. The van der Waals surface area contributed by atoms with E-state index >= 15 is 0 Å². The average molecular weight is 496 g/mol. The van der Waals surface area contributed by atoms with Gasteiger partial charge in [-0.1, -0.05) is 73.2 Å². The molecule has 4 nitrogen and oxygen atoms in total. The van der Waals surface area contributed by atoms with Gasteiger partial charge in [0.1, 0.15) is 5.75 Å². The molecule has 3 rings (SSSR count). The molecule has 0 heterocycles. The standard InChI is InChI=1S/C28H27Cl2NO3/c29-24-13-16-27(30)26(19-24)28(32)34-18-6-4-2-1-3-5-17-33-25-14-11-23(12-15-25)22-9-7-21(20-31)8-10-22/h7-16,19H,1-6,17-18H2. The summed E-state index contributed by atoms with van der Waals surface area (Å²) in [6.45, 7) is 1.07. The van der Waals surface area contributed by atoms with E-state index in [9.17, 15) is 4.79 Å². The van der Waals surface area contributed by atoms with Crippen molar-refractivity contribution in [2.45, 2.75) is 38.5 Å². The highest BCUT2D eigenvalue weighted by Gasteiger charge is 2.12. The number of hydrogen-bond acceptors (Lipinski definition) is 4. The van der Waals surface area contributed by atoms with Crippen molar-refractivity contribution < 1.29 is 14.3 Å². The van der Waals surface area contributed by atoms with Crippen molar-refractivity contribution >= 4 is 29.2 Å². The molecule has 0 atom stereocenters. The van der Waals surface area contributed by atoms with Gasteiger partial charge in [0.15, 0.2) is 0 Å². The summed E-state index contributed by atoms with van der Waals surface area (Å²) in [6, 6.07) is 22.5. The predicted molar refractivity (Wildman–Crippen MR) is 137 cm³/mol. The van der Waals surface area contributed by atoms with Crippen molar-refractivity contribution in [3.8, 4) is 22.9 Å². The maximum Gasteiger partial charge on any atom is 0.339 e. The molecule has 0 aromatic heterocycles. The maximum absolute atomic E-state index is 12.1. The largest absolute Gasteiger partial charge is 0.494 e. The number of nitriles is 1. The molecule has 0 unspecified atom stereocenters. The van der Waals surface area contributed by atoms with Crippen LogP contribution in [0.4, 0.5) is 0 Å². The number of hydrogen-bond donors (Lipinski definition) is 0. The van der Waals surface area contributed by atoms with Gasteiger partial charge in [-0.05, 0) is 66.4 Å². The van der Waals surface area contributed by atoms with Crippen LogP contribution in [0.1, 0.15) is 54.4 Å². The summed E-state index contributed by atoms with van der Waals surface area (Å²) < 4.78 is 11.1. The Balaban J connectivity index is 1.23. The van der Waals surface area contributed by atoms with Gasteiger partial charge in [0.2, 0.25) is 0 Å². The van der Waals surface area contributed by atoms with Crippen LogP contribution in [-0.4, -0.2) is 19.2 Å². The van der Waals surface area contributed by atoms with Gasteiger partial charge < -0.3 is 9.47 Å². The number of halogens is 2. The Morgan fingerprint density at radius 2 is 1.35 bits per heavy atom. The van der Waals surface area contributed by atoms with Crippen LogP contribution >= 0.6 is 23.2 Å². The SMILES string of the molecule is N#Cc1ccc(-c2ccc(OCCCCCCCCOC(=O)c3cc(Cl)ccc3Cl)cc2)cc1. The Kier molecular flexibility index (Phi) is 10.3. The van der Waals surface area contributed by atoms with E-state index in [2.05, 4.69) is 6.07 Å². The number of unbranched alkanes of at least 4 members (excludes halogenated alkanes) is 5. The first-order valence-electron chi connectivity index (χ1n) is 11.4. The molecule has 3 aromatic rings. The number of benzene rings is 3. The van der Waals surface area contributed by atoms with E-state index in [-0.39, 0.29) is 0 Å². The van der Waals surface area contributed by atoms with Crippen LogP contribution in [0.15, 0.2) is 66.7 Å². The molecular weight excluding hydrogens is 469 g/mol. The molecule has 6 heteroatoms. The third kappa shape index (κ3) is 8.09. The molecule has 34 heavy (non-hydrogen) atoms. The number of rotatable bonds is 12. The van der Waals surface area contributed by atoms with Crippen LogP contribution in [-0.2, 0) is 4.74 Å². The molecule has 3 aromatic carbocycles. The van der Waals surface area contributed by atoms with Gasteiger partial charge in [-0.15, -0.1) is 0 Å². The molecule has 0 saturated heterocycles. The number of ether oxygens (including phenoxy) is 2. The minimum absolute atomic E-state index is 0.304. The lowest BCUT2D eigenvalue weighted by Gasteiger charge is -2.08. The third-order valence-electron chi connectivity index (χ3n) is 5.39. The molecule has 0 radical (unpaired) electrons. The second-order valence-electron chi connectivity index (χ2n) is 7.94. The minimum atomic E-state index is -0.436. The summed E-state index contributed by atoms with van der Waals surface area (Å²) in [6.07, 6.45) is 6.14.